The van der Waals surface area contributed by atoms with Gasteiger partial charge >= 0.3 is 5.97 Å². The van der Waals surface area contributed by atoms with Crippen molar-refractivity contribution in [3.05, 3.63) is 82.5 Å². The molecule has 0 atom stereocenters. The Hall–Kier alpha value is -3.99. The maximum atomic E-state index is 13.3. The van der Waals surface area contributed by atoms with Crippen molar-refractivity contribution >= 4 is 17.7 Å². The van der Waals surface area contributed by atoms with Gasteiger partial charge < -0.3 is 10.1 Å². The molecule has 0 saturated heterocycles. The molecule has 1 N–H and O–H groups in total. The maximum Gasteiger partial charge on any atom is 0.338 e. The molecule has 0 unspecified atom stereocenters. The van der Waals surface area contributed by atoms with E-state index in [1.54, 1.807) is 11.5 Å². The zero-order chi connectivity index (χ0) is 21.8. The number of nitrogens with one attached hydrogen (secondary N) is 1. The Morgan fingerprint density at radius 3 is 2.43 bits per heavy atom. The van der Waals surface area contributed by atoms with E-state index in [-0.39, 0.29) is 16.9 Å². The van der Waals surface area contributed by atoms with Gasteiger partial charge in [0.25, 0.3) is 5.91 Å². The maximum absolute atomic E-state index is 13.3. The summed E-state index contributed by atoms with van der Waals surface area (Å²) in [7, 11) is 0. The number of amides is 1. The number of anilines is 1. The van der Waals surface area contributed by atoms with Crippen molar-refractivity contribution in [2.45, 2.75) is 13.8 Å². The predicted octanol–water partition coefficient (Wildman–Crippen LogP) is 4.04. The van der Waals surface area contributed by atoms with Crippen molar-refractivity contribution in [3.8, 4) is 11.8 Å². The first-order chi connectivity index (χ1) is 14.3. The third-order valence-corrected chi connectivity index (χ3v) is 4.59. The summed E-state index contributed by atoms with van der Waals surface area (Å²) < 4.78 is 32.8. The van der Waals surface area contributed by atoms with Crippen LogP contribution in [0.15, 0.2) is 48.5 Å². The van der Waals surface area contributed by atoms with E-state index in [0.29, 0.717) is 11.6 Å². The van der Waals surface area contributed by atoms with Crippen molar-refractivity contribution in [1.82, 2.24) is 4.57 Å². The molecule has 0 saturated carbocycles. The minimum Gasteiger partial charge on any atom is -0.452 e. The molecular weight excluding hydrogens is 392 g/mol. The molecule has 8 heteroatoms. The molecule has 3 aromatic rings. The Bertz CT molecular complexity index is 1160. The fraction of sp³-hybridized carbons (Fsp3) is 0.136. The van der Waals surface area contributed by atoms with Gasteiger partial charge in [-0.3, -0.25) is 9.36 Å². The molecule has 0 aliphatic carbocycles. The smallest absolute Gasteiger partial charge is 0.338 e. The van der Waals surface area contributed by atoms with E-state index in [4.69, 9.17) is 4.74 Å². The lowest BCUT2D eigenvalue weighted by Gasteiger charge is -2.13. The molecule has 2 aromatic carbocycles. The number of carbonyl (C=O) groups is 2. The lowest BCUT2D eigenvalue weighted by Crippen LogP contribution is -2.23. The zero-order valence-electron chi connectivity index (χ0n) is 16.2. The highest BCUT2D eigenvalue weighted by Crippen LogP contribution is 2.29. The minimum atomic E-state index is -1.20. The van der Waals surface area contributed by atoms with Crippen molar-refractivity contribution in [1.29, 1.82) is 5.26 Å². The number of carbonyl (C=O) groups excluding carboxylic acids is 2. The van der Waals surface area contributed by atoms with E-state index in [1.807, 2.05) is 37.3 Å². The topological polar surface area (TPSA) is 84.1 Å². The summed E-state index contributed by atoms with van der Waals surface area (Å²) in [5.74, 6) is -3.69. The number of aromatic nitrogens is 1. The van der Waals surface area contributed by atoms with Crippen LogP contribution in [-0.4, -0.2) is 23.1 Å². The number of nitrogens with zero attached hydrogens (tertiary/aromatic N) is 2. The molecule has 1 aromatic heterocycles. The fourth-order valence-corrected chi connectivity index (χ4v) is 2.97. The molecule has 152 valence electrons. The number of benzene rings is 2. The average molecular weight is 409 g/mol. The van der Waals surface area contributed by atoms with Crippen LogP contribution in [0.25, 0.3) is 5.69 Å². The van der Waals surface area contributed by atoms with Gasteiger partial charge in [0.1, 0.15) is 11.9 Å². The average Bonchev–Trinajstić information content (AvgIpc) is 2.98. The highest BCUT2D eigenvalue weighted by molar-refractivity contribution is 5.96. The first-order valence-electron chi connectivity index (χ1n) is 8.93. The number of esters is 1. The summed E-state index contributed by atoms with van der Waals surface area (Å²) in [4.78, 5) is 24.4. The summed E-state index contributed by atoms with van der Waals surface area (Å²) in [5, 5.41) is 12.2. The van der Waals surface area contributed by atoms with Gasteiger partial charge in [0.15, 0.2) is 18.2 Å². The normalized spacial score (nSPS) is 10.4. The number of hydrogen-bond donors (Lipinski definition) is 1. The lowest BCUT2D eigenvalue weighted by molar-refractivity contribution is -0.119. The van der Waals surface area contributed by atoms with Crippen molar-refractivity contribution in [3.63, 3.8) is 0 Å². The second-order valence-electron chi connectivity index (χ2n) is 6.47. The quantitative estimate of drug-likeness (QED) is 0.645. The van der Waals surface area contributed by atoms with Gasteiger partial charge in [-0.15, -0.1) is 0 Å². The summed E-state index contributed by atoms with van der Waals surface area (Å²) >= 11 is 0. The van der Waals surface area contributed by atoms with Gasteiger partial charge in [-0.05, 0) is 49.7 Å². The predicted molar refractivity (Wildman–Crippen MR) is 105 cm³/mol. The largest absolute Gasteiger partial charge is 0.452 e. The van der Waals surface area contributed by atoms with Crippen LogP contribution in [-0.2, 0) is 9.53 Å². The van der Waals surface area contributed by atoms with E-state index >= 15 is 0 Å². The molecule has 0 fully saturated rings. The summed E-state index contributed by atoms with van der Waals surface area (Å²) in [5.41, 5.74) is 2.28. The second-order valence-corrected chi connectivity index (χ2v) is 6.47. The van der Waals surface area contributed by atoms with Gasteiger partial charge in [0.05, 0.1) is 11.1 Å². The Balaban J connectivity index is 1.80. The molecule has 1 amide bonds. The van der Waals surface area contributed by atoms with E-state index in [2.05, 4.69) is 11.4 Å². The van der Waals surface area contributed by atoms with Crippen LogP contribution >= 0.6 is 0 Å². The van der Waals surface area contributed by atoms with E-state index in [0.717, 1.165) is 23.5 Å². The third kappa shape index (κ3) is 4.05. The zero-order valence-corrected chi connectivity index (χ0v) is 16.2. The minimum absolute atomic E-state index is 0.223. The first kappa shape index (κ1) is 20.7. The monoisotopic (exact) mass is 409 g/mol. The van der Waals surface area contributed by atoms with E-state index in [9.17, 15) is 23.6 Å². The van der Waals surface area contributed by atoms with Gasteiger partial charge in [-0.2, -0.15) is 5.26 Å². The molecule has 0 bridgehead atoms. The van der Waals surface area contributed by atoms with Gasteiger partial charge in [-0.1, -0.05) is 18.2 Å². The fourth-order valence-electron chi connectivity index (χ4n) is 2.97. The summed E-state index contributed by atoms with van der Waals surface area (Å²) in [6.07, 6.45) is 0. The molecule has 30 heavy (non-hydrogen) atoms. The number of para-hydroxylation sites is 1. The van der Waals surface area contributed by atoms with Gasteiger partial charge in [0, 0.05) is 11.4 Å². The molecule has 0 radical (unpaired) electrons. The van der Waals surface area contributed by atoms with Crippen LogP contribution in [0.4, 0.5) is 14.6 Å². The Labute approximate surface area is 171 Å². The van der Waals surface area contributed by atoms with Crippen LogP contribution < -0.4 is 5.32 Å². The van der Waals surface area contributed by atoms with Gasteiger partial charge in [-0.25, -0.2) is 13.6 Å². The highest BCUT2D eigenvalue weighted by atomic mass is 19.2. The SMILES string of the molecule is Cc1c(C#N)c(NC(=O)COC(=O)c2ccc(F)c(F)c2)n(-c2ccccc2)c1C. The van der Waals surface area contributed by atoms with Crippen molar-refractivity contribution in [2.75, 3.05) is 11.9 Å². The van der Waals surface area contributed by atoms with Crippen LogP contribution in [0.1, 0.15) is 27.2 Å². The molecular formula is C22H17F2N3O3. The summed E-state index contributed by atoms with van der Waals surface area (Å²) in [6.45, 7) is 2.93. The first-order valence-corrected chi connectivity index (χ1v) is 8.93. The lowest BCUT2D eigenvalue weighted by atomic mass is 10.2. The van der Waals surface area contributed by atoms with Crippen molar-refractivity contribution in [2.24, 2.45) is 0 Å². The van der Waals surface area contributed by atoms with Crippen LogP contribution in [0.3, 0.4) is 0 Å². The standard InChI is InChI=1S/C22H17F2N3O3/c1-13-14(2)27(16-6-4-3-5-7-16)21(17(13)11-25)26-20(28)12-30-22(29)15-8-9-18(23)19(24)10-15/h3-10H,12H2,1-2H3,(H,26,28). The Morgan fingerprint density at radius 2 is 1.80 bits per heavy atom. The number of halogens is 2. The molecule has 0 spiro atoms. The van der Waals surface area contributed by atoms with Crippen molar-refractivity contribution < 1.29 is 23.1 Å². The van der Waals surface area contributed by atoms with Gasteiger partial charge in [0.2, 0.25) is 0 Å². The van der Waals surface area contributed by atoms with Crippen LogP contribution in [0, 0.1) is 36.8 Å². The number of hydrogen-bond acceptors (Lipinski definition) is 4. The third-order valence-electron chi connectivity index (χ3n) is 4.59. The Kier molecular flexibility index (Phi) is 5.93. The molecule has 6 nitrogen and oxygen atoms in total. The Morgan fingerprint density at radius 1 is 1.10 bits per heavy atom. The highest BCUT2D eigenvalue weighted by Gasteiger charge is 2.21. The van der Waals surface area contributed by atoms with Crippen LogP contribution in [0.5, 0.6) is 0 Å². The van der Waals surface area contributed by atoms with E-state index in [1.165, 1.54) is 0 Å². The van der Waals surface area contributed by atoms with Crippen LogP contribution in [0.2, 0.25) is 0 Å². The number of ether oxygens (including phenoxy) is 1. The van der Waals surface area contributed by atoms with E-state index < -0.39 is 30.1 Å². The molecule has 0 aliphatic rings. The number of rotatable bonds is 5. The second kappa shape index (κ2) is 8.57. The molecule has 3 rings (SSSR count). The molecule has 1 heterocycles. The number of nitriles is 1. The molecule has 0 aliphatic heterocycles. The summed E-state index contributed by atoms with van der Waals surface area (Å²) in [6, 6.07) is 13.8.